The number of ketones is 3. The zero-order valence-electron chi connectivity index (χ0n) is 18.2. The second-order valence-electron chi connectivity index (χ2n) is 7.85. The summed E-state index contributed by atoms with van der Waals surface area (Å²) in [4.78, 5) is 37.3. The highest BCUT2D eigenvalue weighted by Gasteiger charge is 2.38. The largest absolute Gasteiger partial charge is 0.374 e. The maximum absolute atomic E-state index is 13.0. The molecular formula is C24H25ClO7S. The molecule has 0 amide bonds. The van der Waals surface area contributed by atoms with Crippen LogP contribution in [0.25, 0.3) is 0 Å². The average Bonchev–Trinajstić information content (AvgIpc) is 2.76. The third kappa shape index (κ3) is 6.35. The van der Waals surface area contributed by atoms with Gasteiger partial charge in [-0.15, -0.1) is 0 Å². The van der Waals surface area contributed by atoms with Crippen LogP contribution in [-0.4, -0.2) is 45.2 Å². The maximum Gasteiger partial charge on any atom is 0.182 e. The average molecular weight is 493 g/mol. The molecule has 2 aromatic carbocycles. The van der Waals surface area contributed by atoms with Gasteiger partial charge in [0.15, 0.2) is 27.2 Å². The van der Waals surface area contributed by atoms with Crippen LogP contribution in [-0.2, 0) is 42.1 Å². The van der Waals surface area contributed by atoms with E-state index in [1.807, 2.05) is 30.3 Å². The van der Waals surface area contributed by atoms with Gasteiger partial charge >= 0.3 is 0 Å². The smallest absolute Gasteiger partial charge is 0.182 e. The van der Waals surface area contributed by atoms with Crippen LogP contribution in [0, 0.1) is 5.92 Å². The molecule has 3 rings (SSSR count). The molecule has 1 saturated carbocycles. The Balaban J connectivity index is 1.73. The normalized spacial score (nSPS) is 15.1. The van der Waals surface area contributed by atoms with Crippen LogP contribution in [0.2, 0.25) is 5.02 Å². The maximum atomic E-state index is 13.0. The zero-order chi connectivity index (χ0) is 24.0. The molecule has 0 radical (unpaired) electrons. The third-order valence-corrected chi connectivity index (χ3v) is 6.96. The molecule has 2 aromatic rings. The molecule has 0 aliphatic heterocycles. The van der Waals surface area contributed by atoms with Crippen molar-refractivity contribution in [3.05, 3.63) is 64.2 Å². The van der Waals surface area contributed by atoms with Gasteiger partial charge in [-0.05, 0) is 24.1 Å². The first-order valence-electron chi connectivity index (χ1n) is 10.5. The van der Waals surface area contributed by atoms with Gasteiger partial charge in [-0.2, -0.15) is 0 Å². The summed E-state index contributed by atoms with van der Waals surface area (Å²) in [5.74, 6) is -2.97. The molecule has 1 aliphatic carbocycles. The quantitative estimate of drug-likeness (QED) is 0.283. The third-order valence-electron chi connectivity index (χ3n) is 5.35. The van der Waals surface area contributed by atoms with Crippen molar-refractivity contribution in [2.45, 2.75) is 37.4 Å². The molecule has 0 aromatic heterocycles. The van der Waals surface area contributed by atoms with E-state index in [2.05, 4.69) is 0 Å². The molecular weight excluding hydrogens is 468 g/mol. The van der Waals surface area contributed by atoms with E-state index in [0.29, 0.717) is 13.0 Å². The summed E-state index contributed by atoms with van der Waals surface area (Å²) in [5.41, 5.74) is 1.07. The molecule has 0 heterocycles. The number of hydrogen-bond acceptors (Lipinski definition) is 7. The van der Waals surface area contributed by atoms with E-state index in [0.717, 1.165) is 11.8 Å². The molecule has 0 spiro atoms. The van der Waals surface area contributed by atoms with Crippen molar-refractivity contribution in [1.82, 2.24) is 0 Å². The molecule has 33 heavy (non-hydrogen) atoms. The minimum atomic E-state index is -3.67. The van der Waals surface area contributed by atoms with Crippen LogP contribution in [0.4, 0.5) is 0 Å². The molecule has 0 unspecified atom stereocenters. The summed E-state index contributed by atoms with van der Waals surface area (Å²) in [6.45, 7) is 0.672. The molecule has 0 bridgehead atoms. The van der Waals surface area contributed by atoms with E-state index >= 15 is 0 Å². The molecule has 0 saturated heterocycles. The van der Waals surface area contributed by atoms with Gasteiger partial charge in [0.25, 0.3) is 0 Å². The minimum absolute atomic E-state index is 0.0587. The summed E-state index contributed by atoms with van der Waals surface area (Å²) < 4.78 is 35.6. The molecule has 176 valence electrons. The first-order valence-corrected chi connectivity index (χ1v) is 12.8. The first kappa shape index (κ1) is 25.2. The lowest BCUT2D eigenvalue weighted by Crippen LogP contribution is -2.35. The van der Waals surface area contributed by atoms with Crippen LogP contribution >= 0.6 is 11.6 Å². The summed E-state index contributed by atoms with van der Waals surface area (Å²) in [5, 5.41) is -0.126. The predicted molar refractivity (Wildman–Crippen MR) is 122 cm³/mol. The summed E-state index contributed by atoms with van der Waals surface area (Å²) in [6.07, 6.45) is 1.76. The van der Waals surface area contributed by atoms with Crippen molar-refractivity contribution in [2.24, 2.45) is 5.92 Å². The van der Waals surface area contributed by atoms with Crippen LogP contribution in [0.5, 0.6) is 0 Å². The Morgan fingerprint density at radius 3 is 2.18 bits per heavy atom. The van der Waals surface area contributed by atoms with Crippen molar-refractivity contribution in [3.8, 4) is 0 Å². The van der Waals surface area contributed by atoms with Crippen LogP contribution in [0.15, 0.2) is 47.4 Å². The highest BCUT2D eigenvalue weighted by atomic mass is 35.5. The number of carbonyl (C=O) groups is 3. The Bertz CT molecular complexity index is 1130. The summed E-state index contributed by atoms with van der Waals surface area (Å²) in [6, 6.07) is 12.1. The number of rotatable bonds is 10. The first-order chi connectivity index (χ1) is 15.7. The second kappa shape index (κ2) is 11.2. The SMILES string of the molecule is CS(=O)(=O)c1ccc(C(=O)C2C(=O)CCCC2=O)c(Cl)c1COCCOCc1ccccc1. The number of halogens is 1. The van der Waals surface area contributed by atoms with E-state index < -0.39 is 33.1 Å². The fourth-order valence-corrected chi connectivity index (χ4v) is 4.98. The summed E-state index contributed by atoms with van der Waals surface area (Å²) in [7, 11) is -3.67. The van der Waals surface area contributed by atoms with Gasteiger partial charge in [0.2, 0.25) is 0 Å². The Labute approximate surface area is 198 Å². The van der Waals surface area contributed by atoms with Crippen molar-refractivity contribution >= 4 is 38.8 Å². The number of hydrogen-bond donors (Lipinski definition) is 0. The summed E-state index contributed by atoms with van der Waals surface area (Å²) >= 11 is 6.43. The van der Waals surface area contributed by atoms with Crippen molar-refractivity contribution < 1.29 is 32.3 Å². The fraction of sp³-hybridized carbons (Fsp3) is 0.375. The van der Waals surface area contributed by atoms with E-state index in [1.165, 1.54) is 12.1 Å². The molecule has 0 atom stereocenters. The molecule has 1 fully saturated rings. The van der Waals surface area contributed by atoms with E-state index in [4.69, 9.17) is 21.1 Å². The lowest BCUT2D eigenvalue weighted by molar-refractivity contribution is -0.133. The van der Waals surface area contributed by atoms with Crippen LogP contribution < -0.4 is 0 Å². The Morgan fingerprint density at radius 2 is 1.58 bits per heavy atom. The Morgan fingerprint density at radius 1 is 0.970 bits per heavy atom. The molecule has 1 aliphatic rings. The van der Waals surface area contributed by atoms with Gasteiger partial charge < -0.3 is 9.47 Å². The number of Topliss-reactive ketones (excluding diaryl/α,β-unsaturated/α-hetero) is 3. The lowest BCUT2D eigenvalue weighted by atomic mass is 9.81. The van der Waals surface area contributed by atoms with Crippen LogP contribution in [0.1, 0.15) is 40.7 Å². The molecule has 7 nitrogen and oxygen atoms in total. The lowest BCUT2D eigenvalue weighted by Gasteiger charge is -2.20. The highest BCUT2D eigenvalue weighted by Crippen LogP contribution is 2.32. The van der Waals surface area contributed by atoms with Crippen molar-refractivity contribution in [3.63, 3.8) is 0 Å². The van der Waals surface area contributed by atoms with Gasteiger partial charge in [0.1, 0.15) is 5.92 Å². The zero-order valence-corrected chi connectivity index (χ0v) is 19.8. The van der Waals surface area contributed by atoms with Gasteiger partial charge in [0, 0.05) is 30.2 Å². The van der Waals surface area contributed by atoms with Gasteiger partial charge in [-0.1, -0.05) is 41.9 Å². The standard InChI is InChI=1S/C24H25ClO7S/c1-33(29,30)21-11-10-17(24(28)22-19(26)8-5-9-20(22)27)23(25)18(21)15-32-13-12-31-14-16-6-3-2-4-7-16/h2-4,6-7,10-11,22H,5,8-9,12-15H2,1H3. The minimum Gasteiger partial charge on any atom is -0.374 e. The number of ether oxygens (including phenoxy) is 2. The molecule has 0 N–H and O–H groups in total. The fourth-order valence-electron chi connectivity index (χ4n) is 3.69. The number of carbonyl (C=O) groups excluding carboxylic acids is 3. The van der Waals surface area contributed by atoms with E-state index in [9.17, 15) is 22.8 Å². The van der Waals surface area contributed by atoms with Crippen molar-refractivity contribution in [1.29, 1.82) is 0 Å². The van der Waals surface area contributed by atoms with Crippen molar-refractivity contribution in [2.75, 3.05) is 19.5 Å². The number of sulfone groups is 1. The van der Waals surface area contributed by atoms with Gasteiger partial charge in [-0.3, -0.25) is 14.4 Å². The monoisotopic (exact) mass is 492 g/mol. The predicted octanol–water partition coefficient (Wildman–Crippen LogP) is 3.60. The molecule has 9 heteroatoms. The van der Waals surface area contributed by atoms with E-state index in [-0.39, 0.29) is 53.7 Å². The number of benzene rings is 2. The topological polar surface area (TPSA) is 104 Å². The Hall–Kier alpha value is -2.39. The second-order valence-corrected chi connectivity index (χ2v) is 10.2. The van der Waals surface area contributed by atoms with Gasteiger partial charge in [0.05, 0.1) is 36.3 Å². The van der Waals surface area contributed by atoms with E-state index in [1.54, 1.807) is 0 Å². The highest BCUT2D eigenvalue weighted by molar-refractivity contribution is 7.90. The van der Waals surface area contributed by atoms with Crippen LogP contribution in [0.3, 0.4) is 0 Å². The Kier molecular flexibility index (Phi) is 8.53. The van der Waals surface area contributed by atoms with Gasteiger partial charge in [-0.25, -0.2) is 8.42 Å².